The lowest BCUT2D eigenvalue weighted by molar-refractivity contribution is -0.123. The number of nitrogens with zero attached hydrogens (tertiary/aromatic N) is 3. The van der Waals surface area contributed by atoms with Gasteiger partial charge in [0.2, 0.25) is 5.91 Å². The van der Waals surface area contributed by atoms with Gasteiger partial charge in [-0.2, -0.15) is 5.10 Å². The van der Waals surface area contributed by atoms with E-state index in [0.29, 0.717) is 12.0 Å². The summed E-state index contributed by atoms with van der Waals surface area (Å²) in [6, 6.07) is 2.56. The Bertz CT molecular complexity index is 541. The number of carbonyl (C=O) groups excluding carboxylic acids is 1. The largest absolute Gasteiger partial charge is 0.354 e. The van der Waals surface area contributed by atoms with Crippen LogP contribution in [0.4, 0.5) is 0 Å². The fourth-order valence-electron chi connectivity index (χ4n) is 3.72. The highest BCUT2D eigenvalue weighted by molar-refractivity contribution is 5.85. The van der Waals surface area contributed by atoms with Crippen molar-refractivity contribution in [1.29, 1.82) is 0 Å². The molecule has 3 heterocycles. The minimum absolute atomic E-state index is 0. The van der Waals surface area contributed by atoms with Crippen LogP contribution in [0.3, 0.4) is 0 Å². The summed E-state index contributed by atoms with van der Waals surface area (Å²) in [5.74, 6) is 0.733. The van der Waals surface area contributed by atoms with Crippen molar-refractivity contribution in [3.63, 3.8) is 0 Å². The van der Waals surface area contributed by atoms with Crippen LogP contribution in [0.2, 0.25) is 0 Å². The number of hydrogen-bond acceptors (Lipinski definition) is 4. The van der Waals surface area contributed by atoms with Crippen LogP contribution in [0.15, 0.2) is 12.3 Å². The van der Waals surface area contributed by atoms with E-state index in [1.807, 2.05) is 4.68 Å². The Balaban J connectivity index is 0.00000225. The molecule has 0 bridgehead atoms. The Morgan fingerprint density at radius 2 is 2.24 bits per heavy atom. The predicted octanol–water partition coefficient (Wildman–Crippen LogP) is 1.97. The maximum absolute atomic E-state index is 12.1. The smallest absolute Gasteiger partial charge is 0.237 e. The van der Waals surface area contributed by atoms with E-state index in [4.69, 9.17) is 0 Å². The Kier molecular flexibility index (Phi) is 7.72. The molecule has 1 aromatic heterocycles. The average molecular weight is 370 g/mol. The van der Waals surface area contributed by atoms with E-state index in [0.717, 1.165) is 51.3 Å². The number of halogens is 1. The minimum atomic E-state index is 0. The zero-order chi connectivity index (χ0) is 16.9. The maximum Gasteiger partial charge on any atom is 0.237 e. The maximum atomic E-state index is 12.1. The average Bonchev–Trinajstić information content (AvgIpc) is 3.24. The second kappa shape index (κ2) is 9.55. The zero-order valence-corrected chi connectivity index (χ0v) is 16.2. The van der Waals surface area contributed by atoms with Crippen molar-refractivity contribution in [2.75, 3.05) is 26.2 Å². The molecule has 0 aliphatic carbocycles. The molecule has 25 heavy (non-hydrogen) atoms. The molecular weight excluding hydrogens is 338 g/mol. The van der Waals surface area contributed by atoms with E-state index >= 15 is 0 Å². The van der Waals surface area contributed by atoms with Crippen molar-refractivity contribution >= 4 is 18.3 Å². The van der Waals surface area contributed by atoms with Gasteiger partial charge in [-0.15, -0.1) is 12.4 Å². The van der Waals surface area contributed by atoms with Crippen molar-refractivity contribution < 1.29 is 4.79 Å². The molecule has 0 saturated carbocycles. The van der Waals surface area contributed by atoms with E-state index in [1.54, 1.807) is 0 Å². The van der Waals surface area contributed by atoms with Gasteiger partial charge in [0.05, 0.1) is 11.7 Å². The van der Waals surface area contributed by atoms with Crippen LogP contribution in [0, 0.1) is 5.92 Å². The topological polar surface area (TPSA) is 62.2 Å². The summed E-state index contributed by atoms with van der Waals surface area (Å²) in [4.78, 5) is 14.6. The molecule has 6 nitrogen and oxygen atoms in total. The zero-order valence-electron chi connectivity index (χ0n) is 15.4. The Morgan fingerprint density at radius 1 is 1.40 bits per heavy atom. The highest BCUT2D eigenvalue weighted by atomic mass is 35.5. The number of likely N-dealkylation sites (tertiary alicyclic amines) is 1. The van der Waals surface area contributed by atoms with Crippen LogP contribution >= 0.6 is 12.4 Å². The quantitative estimate of drug-likeness (QED) is 0.804. The SMILES string of the molecule is CC(C)n1ccc(CN2CCCC(CNC(=O)C3CCCN3)C2)n1.Cl. The third-order valence-corrected chi connectivity index (χ3v) is 5.12. The standard InChI is InChI=1S/C18H31N5O.ClH/c1-14(2)23-10-7-16(21-23)13-22-9-4-5-15(12-22)11-20-18(24)17-6-3-8-19-17;/h7,10,14-15,17,19H,3-6,8-9,11-13H2,1-2H3,(H,20,24);1H. The van der Waals surface area contributed by atoms with Crippen LogP contribution in [0.25, 0.3) is 0 Å². The molecule has 1 amide bonds. The van der Waals surface area contributed by atoms with Crippen molar-refractivity contribution in [2.24, 2.45) is 5.92 Å². The van der Waals surface area contributed by atoms with Crippen LogP contribution in [-0.4, -0.2) is 52.8 Å². The summed E-state index contributed by atoms with van der Waals surface area (Å²) < 4.78 is 2.02. The second-order valence-electron chi connectivity index (χ2n) is 7.52. The fourth-order valence-corrected chi connectivity index (χ4v) is 3.72. The summed E-state index contributed by atoms with van der Waals surface area (Å²) >= 11 is 0. The molecule has 2 saturated heterocycles. The predicted molar refractivity (Wildman–Crippen MR) is 102 cm³/mol. The van der Waals surface area contributed by atoms with Gasteiger partial charge in [0.25, 0.3) is 0 Å². The first-order valence-corrected chi connectivity index (χ1v) is 9.39. The van der Waals surface area contributed by atoms with E-state index in [1.165, 1.54) is 12.8 Å². The molecule has 142 valence electrons. The molecular formula is C18H32ClN5O. The normalized spacial score (nSPS) is 24.3. The van der Waals surface area contributed by atoms with Gasteiger partial charge >= 0.3 is 0 Å². The number of hydrogen-bond donors (Lipinski definition) is 2. The van der Waals surface area contributed by atoms with Gasteiger partial charge < -0.3 is 10.6 Å². The highest BCUT2D eigenvalue weighted by Gasteiger charge is 2.24. The second-order valence-corrected chi connectivity index (χ2v) is 7.52. The lowest BCUT2D eigenvalue weighted by Gasteiger charge is -2.32. The van der Waals surface area contributed by atoms with Crippen LogP contribution in [0.1, 0.15) is 51.3 Å². The Morgan fingerprint density at radius 3 is 2.92 bits per heavy atom. The third kappa shape index (κ3) is 5.69. The molecule has 7 heteroatoms. The molecule has 3 rings (SSSR count). The summed E-state index contributed by atoms with van der Waals surface area (Å²) in [7, 11) is 0. The molecule has 0 spiro atoms. The molecule has 2 fully saturated rings. The third-order valence-electron chi connectivity index (χ3n) is 5.12. The number of aromatic nitrogens is 2. The monoisotopic (exact) mass is 369 g/mol. The van der Waals surface area contributed by atoms with Crippen molar-refractivity contribution in [3.05, 3.63) is 18.0 Å². The van der Waals surface area contributed by atoms with Gasteiger partial charge in [-0.3, -0.25) is 14.4 Å². The van der Waals surface area contributed by atoms with Crippen molar-refractivity contribution in [3.8, 4) is 0 Å². The molecule has 2 atom stereocenters. The number of nitrogens with one attached hydrogen (secondary N) is 2. The van der Waals surface area contributed by atoms with Crippen molar-refractivity contribution in [1.82, 2.24) is 25.3 Å². The first-order valence-electron chi connectivity index (χ1n) is 9.39. The summed E-state index contributed by atoms with van der Waals surface area (Å²) in [6.45, 7) is 9.15. The first-order chi connectivity index (χ1) is 11.6. The fraction of sp³-hybridized carbons (Fsp3) is 0.778. The van der Waals surface area contributed by atoms with Crippen LogP contribution < -0.4 is 10.6 Å². The van der Waals surface area contributed by atoms with Gasteiger partial charge in [-0.05, 0) is 64.6 Å². The van der Waals surface area contributed by atoms with E-state index in [2.05, 4.69) is 46.7 Å². The van der Waals surface area contributed by atoms with E-state index in [-0.39, 0.29) is 24.4 Å². The van der Waals surface area contributed by atoms with Crippen molar-refractivity contribution in [2.45, 2.75) is 58.2 Å². The Hall–Kier alpha value is -1.11. The molecule has 0 aromatic carbocycles. The first kappa shape index (κ1) is 20.2. The number of piperidine rings is 1. The van der Waals surface area contributed by atoms with Gasteiger partial charge in [-0.1, -0.05) is 0 Å². The van der Waals surface area contributed by atoms with Crippen LogP contribution in [0.5, 0.6) is 0 Å². The highest BCUT2D eigenvalue weighted by Crippen LogP contribution is 2.18. The van der Waals surface area contributed by atoms with E-state index < -0.39 is 0 Å². The minimum Gasteiger partial charge on any atom is -0.354 e. The summed E-state index contributed by atoms with van der Waals surface area (Å²) in [6.07, 6.45) is 6.55. The number of rotatable bonds is 6. The molecule has 2 aliphatic rings. The van der Waals surface area contributed by atoms with E-state index in [9.17, 15) is 4.79 Å². The Labute approximate surface area is 157 Å². The van der Waals surface area contributed by atoms with Gasteiger partial charge in [0, 0.05) is 31.9 Å². The summed E-state index contributed by atoms with van der Waals surface area (Å²) in [5, 5.41) is 11.1. The molecule has 2 aliphatic heterocycles. The number of amides is 1. The van der Waals surface area contributed by atoms with Gasteiger partial charge in [0.15, 0.2) is 0 Å². The van der Waals surface area contributed by atoms with Gasteiger partial charge in [-0.25, -0.2) is 0 Å². The van der Waals surface area contributed by atoms with Gasteiger partial charge in [0.1, 0.15) is 0 Å². The molecule has 2 N–H and O–H groups in total. The van der Waals surface area contributed by atoms with Crippen LogP contribution in [-0.2, 0) is 11.3 Å². The molecule has 0 radical (unpaired) electrons. The lowest BCUT2D eigenvalue weighted by atomic mass is 9.97. The lowest BCUT2D eigenvalue weighted by Crippen LogP contribution is -2.45. The molecule has 1 aromatic rings. The summed E-state index contributed by atoms with van der Waals surface area (Å²) in [5.41, 5.74) is 1.14. The number of carbonyl (C=O) groups is 1. The molecule has 2 unspecified atom stereocenters.